The zero-order chi connectivity index (χ0) is 26.6. The van der Waals surface area contributed by atoms with Crippen LogP contribution in [0.4, 0.5) is 5.69 Å². The molecule has 35 heavy (non-hydrogen) atoms. The van der Waals surface area contributed by atoms with Crippen molar-refractivity contribution in [3.05, 3.63) is 65.2 Å². The summed E-state index contributed by atoms with van der Waals surface area (Å²) in [6.07, 6.45) is 0. The van der Waals surface area contributed by atoms with Crippen molar-refractivity contribution >= 4 is 27.7 Å². The van der Waals surface area contributed by atoms with Gasteiger partial charge in [-0.15, -0.1) is 0 Å². The number of hydrogen-bond donors (Lipinski definition) is 1. The Morgan fingerprint density at radius 1 is 1.00 bits per heavy atom. The summed E-state index contributed by atoms with van der Waals surface area (Å²) in [7, 11) is -1.13. The number of nitrogens with one attached hydrogen (secondary N) is 1. The summed E-state index contributed by atoms with van der Waals surface area (Å²) in [5.74, 6) is -0.785. The van der Waals surface area contributed by atoms with Crippen LogP contribution in [0, 0.1) is 13.8 Å². The minimum Gasteiger partial charge on any atom is -0.350 e. The van der Waals surface area contributed by atoms with E-state index >= 15 is 0 Å². The van der Waals surface area contributed by atoms with Crippen LogP contribution in [0.15, 0.2) is 48.5 Å². The molecule has 192 valence electrons. The fourth-order valence-electron chi connectivity index (χ4n) is 3.53. The van der Waals surface area contributed by atoms with Crippen molar-refractivity contribution in [1.82, 2.24) is 14.5 Å². The van der Waals surface area contributed by atoms with Gasteiger partial charge in [0, 0.05) is 26.2 Å². The molecule has 1 N–H and O–H groups in total. The molecule has 1 unspecified atom stereocenters. The molecule has 0 spiro atoms. The van der Waals surface area contributed by atoms with E-state index < -0.39 is 34.2 Å². The highest BCUT2D eigenvalue weighted by Crippen LogP contribution is 2.26. The first kappa shape index (κ1) is 28.3. The highest BCUT2D eigenvalue weighted by atomic mass is 32.2. The molecular weight excluding hydrogens is 464 g/mol. The average molecular weight is 503 g/mol. The molecule has 0 bridgehead atoms. The van der Waals surface area contributed by atoms with E-state index in [0.717, 1.165) is 25.3 Å². The lowest BCUT2D eigenvalue weighted by molar-refractivity contribution is -0.140. The second-order valence-electron chi connectivity index (χ2n) is 10.0. The van der Waals surface area contributed by atoms with E-state index in [1.807, 2.05) is 70.2 Å². The quantitative estimate of drug-likeness (QED) is 0.570. The van der Waals surface area contributed by atoms with Gasteiger partial charge in [0.1, 0.15) is 12.6 Å². The number of hydrogen-bond acceptors (Lipinski definition) is 4. The summed E-state index contributed by atoms with van der Waals surface area (Å²) in [6, 6.07) is 14.0. The lowest BCUT2D eigenvalue weighted by atomic mass is 10.1. The Bertz CT molecular complexity index is 1140. The minimum atomic E-state index is -3.99. The van der Waals surface area contributed by atoms with E-state index in [9.17, 15) is 18.0 Å². The highest BCUT2D eigenvalue weighted by molar-refractivity contribution is 7.90. The first-order valence-electron chi connectivity index (χ1n) is 11.6. The van der Waals surface area contributed by atoms with Crippen LogP contribution in [-0.2, 0) is 26.3 Å². The maximum Gasteiger partial charge on any atom is 0.304 e. The predicted octanol–water partition coefficient (Wildman–Crippen LogP) is 3.25. The van der Waals surface area contributed by atoms with Crippen molar-refractivity contribution in [2.75, 3.05) is 24.9 Å². The van der Waals surface area contributed by atoms with E-state index in [2.05, 4.69) is 5.32 Å². The molecule has 0 radical (unpaired) electrons. The fraction of sp³-hybridized carbons (Fsp3) is 0.462. The normalized spacial score (nSPS) is 12.8. The van der Waals surface area contributed by atoms with E-state index in [1.165, 1.54) is 19.0 Å². The summed E-state index contributed by atoms with van der Waals surface area (Å²) in [6.45, 7) is 10.7. The molecule has 0 aliphatic carbocycles. The van der Waals surface area contributed by atoms with Crippen LogP contribution in [0.2, 0.25) is 0 Å². The van der Waals surface area contributed by atoms with E-state index in [1.54, 1.807) is 19.9 Å². The molecule has 2 aromatic carbocycles. The Balaban J connectivity index is 2.50. The van der Waals surface area contributed by atoms with Crippen LogP contribution in [0.5, 0.6) is 0 Å². The van der Waals surface area contributed by atoms with E-state index in [0.29, 0.717) is 5.69 Å². The molecule has 0 fully saturated rings. The number of aryl methyl sites for hydroxylation is 2. The number of carbonyl (C=O) groups is 2. The van der Waals surface area contributed by atoms with Gasteiger partial charge in [0.2, 0.25) is 11.8 Å². The number of carbonyl (C=O) groups excluding carboxylic acids is 2. The van der Waals surface area contributed by atoms with Crippen molar-refractivity contribution < 1.29 is 18.0 Å². The Labute approximate surface area is 210 Å². The van der Waals surface area contributed by atoms with Crippen molar-refractivity contribution in [3.63, 3.8) is 0 Å². The van der Waals surface area contributed by atoms with Gasteiger partial charge in [-0.3, -0.25) is 9.59 Å². The lowest BCUT2D eigenvalue weighted by Crippen LogP contribution is -2.55. The molecule has 0 heterocycles. The first-order chi connectivity index (χ1) is 16.1. The SMILES string of the molecule is Cc1ccc(C)c(N(CC(=O)N(Cc2ccccc2)C(C)C(=O)NC(C)(C)C)S(=O)(=O)N(C)C)c1. The largest absolute Gasteiger partial charge is 0.350 e. The third-order valence-corrected chi connectivity index (χ3v) is 7.32. The van der Waals surface area contributed by atoms with Crippen LogP contribution in [0.3, 0.4) is 0 Å². The van der Waals surface area contributed by atoms with Gasteiger partial charge < -0.3 is 10.2 Å². The van der Waals surface area contributed by atoms with Crippen molar-refractivity contribution in [3.8, 4) is 0 Å². The van der Waals surface area contributed by atoms with Crippen LogP contribution in [-0.4, -0.2) is 61.7 Å². The predicted molar refractivity (Wildman–Crippen MR) is 140 cm³/mol. The second kappa shape index (κ2) is 11.2. The molecule has 0 saturated heterocycles. The summed E-state index contributed by atoms with van der Waals surface area (Å²) >= 11 is 0. The van der Waals surface area contributed by atoms with Gasteiger partial charge in [-0.05, 0) is 64.3 Å². The maximum atomic E-state index is 13.7. The molecule has 1 atom stereocenters. The third kappa shape index (κ3) is 7.53. The first-order valence-corrected chi connectivity index (χ1v) is 13.0. The number of benzene rings is 2. The minimum absolute atomic E-state index is 0.168. The van der Waals surface area contributed by atoms with Crippen molar-refractivity contribution in [1.29, 1.82) is 0 Å². The number of nitrogens with zero attached hydrogens (tertiary/aromatic N) is 3. The Kier molecular flexibility index (Phi) is 9.08. The second-order valence-corrected chi connectivity index (χ2v) is 12.1. The van der Waals surface area contributed by atoms with Gasteiger partial charge in [0.25, 0.3) is 0 Å². The topological polar surface area (TPSA) is 90.0 Å². The fourth-order valence-corrected chi connectivity index (χ4v) is 4.64. The Hall–Kier alpha value is -2.91. The Morgan fingerprint density at radius 3 is 2.14 bits per heavy atom. The average Bonchev–Trinajstić information content (AvgIpc) is 2.76. The van der Waals surface area contributed by atoms with Gasteiger partial charge in [0.15, 0.2) is 0 Å². The summed E-state index contributed by atoms with van der Waals surface area (Å²) in [5, 5.41) is 2.92. The zero-order valence-electron chi connectivity index (χ0n) is 22.0. The van der Waals surface area contributed by atoms with Gasteiger partial charge >= 0.3 is 10.2 Å². The molecule has 2 amide bonds. The molecule has 2 rings (SSSR count). The zero-order valence-corrected chi connectivity index (χ0v) is 22.8. The molecule has 8 nitrogen and oxygen atoms in total. The third-order valence-electron chi connectivity index (χ3n) is 5.51. The van der Waals surface area contributed by atoms with Gasteiger partial charge in [-0.25, -0.2) is 4.31 Å². The molecule has 0 aliphatic heterocycles. The van der Waals surface area contributed by atoms with Crippen LogP contribution in [0.25, 0.3) is 0 Å². The van der Waals surface area contributed by atoms with Gasteiger partial charge in [0.05, 0.1) is 5.69 Å². The van der Waals surface area contributed by atoms with Crippen molar-refractivity contribution in [2.45, 2.75) is 59.7 Å². The smallest absolute Gasteiger partial charge is 0.304 e. The monoisotopic (exact) mass is 502 g/mol. The van der Waals surface area contributed by atoms with E-state index in [-0.39, 0.29) is 12.5 Å². The summed E-state index contributed by atoms with van der Waals surface area (Å²) in [5.41, 5.74) is 2.38. The summed E-state index contributed by atoms with van der Waals surface area (Å²) in [4.78, 5) is 28.2. The lowest BCUT2D eigenvalue weighted by Gasteiger charge is -2.34. The molecule has 0 saturated carbocycles. The molecule has 2 aromatic rings. The van der Waals surface area contributed by atoms with E-state index in [4.69, 9.17) is 0 Å². The molecule has 9 heteroatoms. The number of rotatable bonds is 9. The Morgan fingerprint density at radius 2 is 1.60 bits per heavy atom. The molecule has 0 aromatic heterocycles. The van der Waals surface area contributed by atoms with Crippen LogP contribution >= 0.6 is 0 Å². The number of anilines is 1. The number of amides is 2. The maximum absolute atomic E-state index is 13.7. The van der Waals surface area contributed by atoms with Gasteiger partial charge in [-0.1, -0.05) is 42.5 Å². The summed E-state index contributed by atoms with van der Waals surface area (Å²) < 4.78 is 28.8. The van der Waals surface area contributed by atoms with Crippen LogP contribution in [0.1, 0.15) is 44.4 Å². The van der Waals surface area contributed by atoms with Gasteiger partial charge in [-0.2, -0.15) is 12.7 Å². The molecular formula is C26H38N4O4S. The highest BCUT2D eigenvalue weighted by Gasteiger charge is 2.34. The molecule has 0 aliphatic rings. The van der Waals surface area contributed by atoms with Crippen molar-refractivity contribution in [2.24, 2.45) is 0 Å². The van der Waals surface area contributed by atoms with Crippen LogP contribution < -0.4 is 9.62 Å². The standard InChI is InChI=1S/C26H38N4O4S/c1-19-14-15-20(2)23(16-19)30(35(33,34)28(7)8)18-24(31)29(17-22-12-10-9-11-13-22)21(3)25(32)27-26(4,5)6/h9-16,21H,17-18H2,1-8H3,(H,27,32).